The second-order valence-electron chi connectivity index (χ2n) is 7.54. The molecule has 0 saturated carbocycles. The molecule has 3 rings (SSSR count). The first-order valence-electron chi connectivity index (χ1n) is 11.2. The largest absolute Gasteiger partial charge is 0.493 e. The van der Waals surface area contributed by atoms with Crippen LogP contribution < -0.4 is 34.9 Å². The molecular weight excluding hydrogens is 470 g/mol. The Balaban J connectivity index is 1.94. The molecule has 0 radical (unpaired) electrons. The van der Waals surface area contributed by atoms with E-state index in [1.165, 1.54) is 37.5 Å². The zero-order chi connectivity index (χ0) is 26.2. The van der Waals surface area contributed by atoms with Crippen molar-refractivity contribution in [1.29, 1.82) is 0 Å². The molecule has 1 aliphatic heterocycles. The molecule has 2 aromatic rings. The third-order valence-corrected chi connectivity index (χ3v) is 4.92. The Hall–Kier alpha value is -4.54. The number of benzene rings is 2. The van der Waals surface area contributed by atoms with E-state index in [1.807, 2.05) is 6.92 Å². The summed E-state index contributed by atoms with van der Waals surface area (Å²) in [6, 6.07) is 8.33. The number of primary amides is 1. The summed E-state index contributed by atoms with van der Waals surface area (Å²) in [4.78, 5) is 50.3. The van der Waals surface area contributed by atoms with Gasteiger partial charge in [-0.15, -0.1) is 0 Å². The quantitative estimate of drug-likeness (QED) is 0.355. The van der Waals surface area contributed by atoms with Crippen LogP contribution in [0.15, 0.2) is 42.0 Å². The van der Waals surface area contributed by atoms with Crippen LogP contribution in [0.3, 0.4) is 0 Å². The molecule has 1 saturated heterocycles. The van der Waals surface area contributed by atoms with E-state index in [-0.39, 0.29) is 29.4 Å². The van der Waals surface area contributed by atoms with Gasteiger partial charge in [-0.1, -0.05) is 13.0 Å². The Morgan fingerprint density at radius 3 is 2.36 bits per heavy atom. The Bertz CT molecular complexity index is 1210. The average molecular weight is 498 g/mol. The first-order chi connectivity index (χ1) is 17.3. The summed E-state index contributed by atoms with van der Waals surface area (Å²) < 4.78 is 21.8. The molecule has 0 aromatic heterocycles. The number of ether oxygens (including phenoxy) is 4. The van der Waals surface area contributed by atoms with Gasteiger partial charge in [-0.25, -0.2) is 9.69 Å². The Morgan fingerprint density at radius 1 is 0.972 bits per heavy atom. The number of nitrogens with two attached hydrogens (primary N) is 1. The first kappa shape index (κ1) is 26.1. The minimum absolute atomic E-state index is 0.205. The highest BCUT2D eigenvalue weighted by Gasteiger charge is 2.37. The molecule has 0 unspecified atom stereocenters. The van der Waals surface area contributed by atoms with Crippen molar-refractivity contribution in [2.24, 2.45) is 5.73 Å². The van der Waals surface area contributed by atoms with Crippen LogP contribution in [0.2, 0.25) is 0 Å². The molecule has 0 spiro atoms. The van der Waals surface area contributed by atoms with Gasteiger partial charge in [0.25, 0.3) is 17.7 Å². The highest BCUT2D eigenvalue weighted by molar-refractivity contribution is 6.39. The third kappa shape index (κ3) is 5.93. The number of hydrogen-bond donors (Lipinski definition) is 2. The second kappa shape index (κ2) is 11.7. The van der Waals surface area contributed by atoms with E-state index in [2.05, 4.69) is 5.32 Å². The normalized spacial score (nSPS) is 14.5. The number of anilines is 1. The van der Waals surface area contributed by atoms with E-state index in [0.29, 0.717) is 30.3 Å². The minimum atomic E-state index is -0.889. The predicted octanol–water partition coefficient (Wildman–Crippen LogP) is 2.41. The lowest BCUT2D eigenvalue weighted by Crippen LogP contribution is -2.54. The second-order valence-corrected chi connectivity index (χ2v) is 7.54. The van der Waals surface area contributed by atoms with Gasteiger partial charge < -0.3 is 24.7 Å². The number of hydrogen-bond acceptors (Lipinski definition) is 8. The summed E-state index contributed by atoms with van der Waals surface area (Å²) in [5, 5.41) is 2.18. The van der Waals surface area contributed by atoms with Crippen LogP contribution in [-0.2, 0) is 14.4 Å². The zero-order valence-electron chi connectivity index (χ0n) is 20.2. The molecule has 0 bridgehead atoms. The highest BCUT2D eigenvalue weighted by Crippen LogP contribution is 2.34. The molecule has 2 aromatic carbocycles. The molecule has 1 fully saturated rings. The van der Waals surface area contributed by atoms with Crippen LogP contribution in [0.5, 0.6) is 23.0 Å². The van der Waals surface area contributed by atoms with Gasteiger partial charge in [0.05, 0.1) is 26.0 Å². The maximum absolute atomic E-state index is 13.3. The molecule has 190 valence electrons. The molecule has 0 atom stereocenters. The van der Waals surface area contributed by atoms with Gasteiger partial charge in [0, 0.05) is 6.07 Å². The number of barbiturate groups is 1. The number of nitrogens with one attached hydrogen (secondary N) is 1. The van der Waals surface area contributed by atoms with E-state index < -0.39 is 23.8 Å². The van der Waals surface area contributed by atoms with Gasteiger partial charge in [0.15, 0.2) is 29.6 Å². The standard InChI is InChI=1S/C25H27N3O8/c1-4-10-35-19-9-7-16(13-21(19)34-5-2)28-24(31)17(23(30)27-25(28)32)11-15-6-8-18(20(12-15)33-3)36-14-22(26)29/h6-9,11-13H,4-5,10,14H2,1-3H3,(H2,26,29)(H,27,30,32)/b17-11+. The number of imide groups is 2. The Labute approximate surface area is 207 Å². The maximum atomic E-state index is 13.3. The van der Waals surface area contributed by atoms with E-state index in [1.54, 1.807) is 19.1 Å². The lowest BCUT2D eigenvalue weighted by atomic mass is 10.1. The lowest BCUT2D eigenvalue weighted by Gasteiger charge is -2.27. The van der Waals surface area contributed by atoms with Crippen molar-refractivity contribution in [3.05, 3.63) is 47.5 Å². The van der Waals surface area contributed by atoms with Gasteiger partial charge in [0.1, 0.15) is 5.57 Å². The summed E-state index contributed by atoms with van der Waals surface area (Å²) in [5.74, 6) is -0.971. The molecule has 1 aliphatic rings. The van der Waals surface area contributed by atoms with Gasteiger partial charge in [-0.3, -0.25) is 19.7 Å². The summed E-state index contributed by atoms with van der Waals surface area (Å²) >= 11 is 0. The predicted molar refractivity (Wildman–Crippen MR) is 130 cm³/mol. The monoisotopic (exact) mass is 497 g/mol. The Morgan fingerprint density at radius 2 is 1.69 bits per heavy atom. The van der Waals surface area contributed by atoms with E-state index in [9.17, 15) is 19.2 Å². The van der Waals surface area contributed by atoms with Crippen LogP contribution in [0.1, 0.15) is 25.8 Å². The third-order valence-electron chi connectivity index (χ3n) is 4.92. The van der Waals surface area contributed by atoms with E-state index >= 15 is 0 Å². The molecule has 0 aliphatic carbocycles. The molecule has 5 amide bonds. The van der Waals surface area contributed by atoms with Crippen LogP contribution in [0, 0.1) is 0 Å². The maximum Gasteiger partial charge on any atom is 0.335 e. The van der Waals surface area contributed by atoms with Crippen molar-refractivity contribution < 1.29 is 38.1 Å². The fourth-order valence-corrected chi connectivity index (χ4v) is 3.34. The van der Waals surface area contributed by atoms with Gasteiger partial charge in [-0.05, 0) is 49.2 Å². The zero-order valence-corrected chi connectivity index (χ0v) is 20.2. The average Bonchev–Trinajstić information content (AvgIpc) is 2.85. The van der Waals surface area contributed by atoms with Crippen LogP contribution in [-0.4, -0.2) is 50.7 Å². The number of carbonyl (C=O) groups excluding carboxylic acids is 4. The number of rotatable bonds is 11. The van der Waals surface area contributed by atoms with Crippen LogP contribution in [0.4, 0.5) is 10.5 Å². The molecule has 36 heavy (non-hydrogen) atoms. The number of nitrogens with zero attached hydrogens (tertiary/aromatic N) is 1. The highest BCUT2D eigenvalue weighted by atomic mass is 16.5. The SMILES string of the molecule is CCCOc1ccc(N2C(=O)NC(=O)/C(=C\c3ccc(OCC(N)=O)c(OC)c3)C2=O)cc1OCC. The van der Waals surface area contributed by atoms with E-state index in [4.69, 9.17) is 24.7 Å². The summed E-state index contributed by atoms with van der Waals surface area (Å²) in [5.41, 5.74) is 5.45. The fourth-order valence-electron chi connectivity index (χ4n) is 3.34. The molecule has 11 nitrogen and oxygen atoms in total. The summed E-state index contributed by atoms with van der Waals surface area (Å²) in [6.45, 7) is 4.23. The van der Waals surface area contributed by atoms with Gasteiger partial charge in [-0.2, -0.15) is 0 Å². The van der Waals surface area contributed by atoms with Crippen molar-refractivity contribution in [3.8, 4) is 23.0 Å². The Kier molecular flexibility index (Phi) is 8.50. The summed E-state index contributed by atoms with van der Waals surface area (Å²) in [7, 11) is 1.39. The summed E-state index contributed by atoms with van der Waals surface area (Å²) in [6.07, 6.45) is 2.11. The van der Waals surface area contributed by atoms with Crippen molar-refractivity contribution in [3.63, 3.8) is 0 Å². The van der Waals surface area contributed by atoms with Crippen LogP contribution in [0.25, 0.3) is 6.08 Å². The molecular formula is C25H27N3O8. The number of amides is 5. The molecule has 11 heteroatoms. The van der Waals surface area contributed by atoms with Crippen LogP contribution >= 0.6 is 0 Å². The van der Waals surface area contributed by atoms with Crippen molar-refractivity contribution in [2.75, 3.05) is 31.8 Å². The molecule has 3 N–H and O–H groups in total. The van der Waals surface area contributed by atoms with Crippen molar-refractivity contribution in [2.45, 2.75) is 20.3 Å². The topological polar surface area (TPSA) is 146 Å². The van der Waals surface area contributed by atoms with Crippen molar-refractivity contribution in [1.82, 2.24) is 5.32 Å². The number of carbonyl (C=O) groups is 4. The minimum Gasteiger partial charge on any atom is -0.493 e. The van der Waals surface area contributed by atoms with Crippen molar-refractivity contribution >= 4 is 35.5 Å². The fraction of sp³-hybridized carbons (Fsp3) is 0.280. The van der Waals surface area contributed by atoms with Gasteiger partial charge in [0.2, 0.25) is 0 Å². The number of urea groups is 1. The first-order valence-corrected chi connectivity index (χ1v) is 11.2. The smallest absolute Gasteiger partial charge is 0.335 e. The van der Waals surface area contributed by atoms with E-state index in [0.717, 1.165) is 11.3 Å². The van der Waals surface area contributed by atoms with Gasteiger partial charge >= 0.3 is 6.03 Å². The molecule has 1 heterocycles. The number of methoxy groups -OCH3 is 1. The lowest BCUT2D eigenvalue weighted by molar-refractivity contribution is -0.123.